The Kier molecular flexibility index (Phi) is 5.15. The Labute approximate surface area is 103 Å². The maximum Gasteiger partial charge on any atom is 0.390 e. The number of hydrogen-bond acceptors (Lipinski definition) is 2. The maximum atomic E-state index is 12.4. The Hall–Kier alpha value is -1.56. The summed E-state index contributed by atoms with van der Waals surface area (Å²) in [4.78, 5) is 10.3. The Balaban J connectivity index is 2.67. The van der Waals surface area contributed by atoms with Gasteiger partial charge in [0.1, 0.15) is 0 Å². The lowest BCUT2D eigenvalue weighted by Crippen LogP contribution is -2.28. The van der Waals surface area contributed by atoms with E-state index >= 15 is 0 Å². The second-order valence-electron chi connectivity index (χ2n) is 3.88. The predicted octanol–water partition coefficient (Wildman–Crippen LogP) is 2.74. The molecule has 100 valence electrons. The largest absolute Gasteiger partial charge is 0.481 e. The molecule has 0 aromatic heterocycles. The number of benzene rings is 1. The first-order chi connectivity index (χ1) is 8.38. The van der Waals surface area contributed by atoms with E-state index < -0.39 is 24.6 Å². The third-order valence-electron chi connectivity index (χ3n) is 2.37. The van der Waals surface area contributed by atoms with Crippen LogP contribution in [0, 0.1) is 0 Å². The Morgan fingerprint density at radius 2 is 1.89 bits per heavy atom. The molecular formula is C12H14F3NO2. The van der Waals surface area contributed by atoms with E-state index in [4.69, 9.17) is 5.11 Å². The van der Waals surface area contributed by atoms with E-state index in [1.54, 1.807) is 30.3 Å². The van der Waals surface area contributed by atoms with Crippen LogP contribution in [-0.2, 0) is 4.79 Å². The van der Waals surface area contributed by atoms with E-state index in [-0.39, 0.29) is 13.0 Å². The van der Waals surface area contributed by atoms with Crippen LogP contribution >= 0.6 is 0 Å². The van der Waals surface area contributed by atoms with Gasteiger partial charge in [0.05, 0.1) is 12.8 Å². The molecule has 0 amide bonds. The van der Waals surface area contributed by atoms with Gasteiger partial charge in [0, 0.05) is 12.6 Å². The molecular weight excluding hydrogens is 247 g/mol. The van der Waals surface area contributed by atoms with Crippen molar-refractivity contribution in [2.75, 3.05) is 6.54 Å². The van der Waals surface area contributed by atoms with Crippen molar-refractivity contribution in [1.82, 2.24) is 5.32 Å². The monoisotopic (exact) mass is 261 g/mol. The van der Waals surface area contributed by atoms with Gasteiger partial charge >= 0.3 is 12.1 Å². The smallest absolute Gasteiger partial charge is 0.390 e. The van der Waals surface area contributed by atoms with Crippen molar-refractivity contribution in [2.45, 2.75) is 25.1 Å². The summed E-state index contributed by atoms with van der Waals surface area (Å²) in [5, 5.41) is 11.1. The first kappa shape index (κ1) is 14.5. The average molecular weight is 261 g/mol. The van der Waals surface area contributed by atoms with E-state index in [9.17, 15) is 18.0 Å². The van der Waals surface area contributed by atoms with Crippen LogP contribution in [0.5, 0.6) is 0 Å². The normalized spacial score (nSPS) is 13.3. The predicted molar refractivity (Wildman–Crippen MR) is 60.1 cm³/mol. The molecule has 1 rings (SSSR count). The van der Waals surface area contributed by atoms with Crippen molar-refractivity contribution in [1.29, 1.82) is 0 Å². The van der Waals surface area contributed by atoms with Crippen LogP contribution < -0.4 is 5.32 Å². The van der Waals surface area contributed by atoms with Gasteiger partial charge in [-0.05, 0) is 5.56 Å². The topological polar surface area (TPSA) is 49.3 Å². The molecule has 3 nitrogen and oxygen atoms in total. The minimum Gasteiger partial charge on any atom is -0.481 e. The lowest BCUT2D eigenvalue weighted by Gasteiger charge is -2.20. The van der Waals surface area contributed by atoms with Crippen molar-refractivity contribution in [3.8, 4) is 0 Å². The van der Waals surface area contributed by atoms with Gasteiger partial charge in [-0.25, -0.2) is 0 Å². The van der Waals surface area contributed by atoms with Gasteiger partial charge in [0.25, 0.3) is 0 Å². The summed E-state index contributed by atoms with van der Waals surface area (Å²) in [6.07, 6.45) is -5.52. The van der Waals surface area contributed by atoms with E-state index in [0.717, 1.165) is 0 Å². The molecule has 0 fully saturated rings. The maximum absolute atomic E-state index is 12.4. The Morgan fingerprint density at radius 1 is 1.28 bits per heavy atom. The van der Waals surface area contributed by atoms with E-state index in [1.165, 1.54) is 0 Å². The van der Waals surface area contributed by atoms with E-state index in [0.29, 0.717) is 5.56 Å². The van der Waals surface area contributed by atoms with Crippen LogP contribution in [0.3, 0.4) is 0 Å². The van der Waals surface area contributed by atoms with Crippen LogP contribution in [0.15, 0.2) is 30.3 Å². The highest BCUT2D eigenvalue weighted by atomic mass is 19.4. The summed E-state index contributed by atoms with van der Waals surface area (Å²) in [5.41, 5.74) is 0.500. The molecule has 1 atom stereocenters. The zero-order chi connectivity index (χ0) is 13.6. The van der Waals surface area contributed by atoms with Crippen molar-refractivity contribution in [3.05, 3.63) is 35.9 Å². The number of rotatable bonds is 6. The number of carbonyl (C=O) groups is 1. The number of nitrogens with one attached hydrogen (secondary N) is 1. The highest BCUT2D eigenvalue weighted by molar-refractivity contribution is 5.66. The molecule has 0 saturated carbocycles. The molecule has 0 aliphatic rings. The highest BCUT2D eigenvalue weighted by Gasteiger charge is 2.32. The molecule has 1 unspecified atom stereocenters. The molecule has 1 aromatic carbocycles. The summed E-state index contributed by atoms with van der Waals surface area (Å²) in [6.45, 7) is 0.00493. The minimum atomic E-state index is -4.29. The SMILES string of the molecule is O=C(O)CCNC(CC(F)(F)F)c1ccccc1. The number of alkyl halides is 3. The van der Waals surface area contributed by atoms with Gasteiger partial charge in [0.2, 0.25) is 0 Å². The standard InChI is InChI=1S/C12H14F3NO2/c13-12(14,15)8-10(16-7-6-11(17)18)9-4-2-1-3-5-9/h1-5,10,16H,6-8H2,(H,17,18). The highest BCUT2D eigenvalue weighted by Crippen LogP contribution is 2.29. The molecule has 1 aromatic rings. The number of carboxylic acid groups (broad SMARTS) is 1. The van der Waals surface area contributed by atoms with Crippen molar-refractivity contribution >= 4 is 5.97 Å². The zero-order valence-corrected chi connectivity index (χ0v) is 9.57. The third-order valence-corrected chi connectivity index (χ3v) is 2.37. The first-order valence-corrected chi connectivity index (χ1v) is 5.45. The summed E-state index contributed by atoms with van der Waals surface area (Å²) in [7, 11) is 0. The van der Waals surface area contributed by atoms with Crippen LogP contribution in [0.2, 0.25) is 0 Å². The number of carboxylic acids is 1. The lowest BCUT2D eigenvalue weighted by molar-refractivity contribution is -0.140. The molecule has 2 N–H and O–H groups in total. The fraction of sp³-hybridized carbons (Fsp3) is 0.417. The van der Waals surface area contributed by atoms with Crippen molar-refractivity contribution in [2.24, 2.45) is 0 Å². The van der Waals surface area contributed by atoms with Crippen LogP contribution in [0.4, 0.5) is 13.2 Å². The quantitative estimate of drug-likeness (QED) is 0.827. The second-order valence-corrected chi connectivity index (χ2v) is 3.88. The van der Waals surface area contributed by atoms with E-state index in [1.807, 2.05) is 0 Å². The molecule has 6 heteroatoms. The fourth-order valence-electron chi connectivity index (χ4n) is 1.58. The van der Waals surface area contributed by atoms with Gasteiger partial charge in [-0.3, -0.25) is 4.79 Å². The van der Waals surface area contributed by atoms with Crippen LogP contribution in [0.25, 0.3) is 0 Å². The molecule has 0 radical (unpaired) electrons. The molecule has 0 saturated heterocycles. The van der Waals surface area contributed by atoms with Crippen molar-refractivity contribution in [3.63, 3.8) is 0 Å². The van der Waals surface area contributed by atoms with Gasteiger partial charge in [0.15, 0.2) is 0 Å². The minimum absolute atomic E-state index is 0.00493. The zero-order valence-electron chi connectivity index (χ0n) is 9.57. The van der Waals surface area contributed by atoms with Crippen LogP contribution in [-0.4, -0.2) is 23.8 Å². The van der Waals surface area contributed by atoms with Gasteiger partial charge in [-0.15, -0.1) is 0 Å². The first-order valence-electron chi connectivity index (χ1n) is 5.45. The van der Waals surface area contributed by atoms with Crippen LogP contribution in [0.1, 0.15) is 24.4 Å². The molecule has 0 aliphatic heterocycles. The van der Waals surface area contributed by atoms with Gasteiger partial charge in [-0.2, -0.15) is 13.2 Å². The number of hydrogen-bond donors (Lipinski definition) is 2. The molecule has 18 heavy (non-hydrogen) atoms. The summed E-state index contributed by atoms with van der Waals surface area (Å²) in [6, 6.07) is 7.28. The average Bonchev–Trinajstić information content (AvgIpc) is 2.27. The van der Waals surface area contributed by atoms with Gasteiger partial charge in [-0.1, -0.05) is 30.3 Å². The lowest BCUT2D eigenvalue weighted by atomic mass is 10.0. The van der Waals surface area contributed by atoms with E-state index in [2.05, 4.69) is 5.32 Å². The molecule has 0 heterocycles. The number of halogens is 3. The molecule has 0 spiro atoms. The summed E-state index contributed by atoms with van der Waals surface area (Å²) >= 11 is 0. The molecule has 0 bridgehead atoms. The number of aliphatic carboxylic acids is 1. The summed E-state index contributed by atoms with van der Waals surface area (Å²) in [5.74, 6) is -1.04. The third kappa shape index (κ3) is 5.67. The van der Waals surface area contributed by atoms with Gasteiger partial charge < -0.3 is 10.4 Å². The Morgan fingerprint density at radius 3 is 2.39 bits per heavy atom. The molecule has 0 aliphatic carbocycles. The Bertz CT molecular complexity index is 379. The fourth-order valence-corrected chi connectivity index (χ4v) is 1.58. The van der Waals surface area contributed by atoms with Crippen molar-refractivity contribution < 1.29 is 23.1 Å². The summed E-state index contributed by atoms with van der Waals surface area (Å²) < 4.78 is 37.3. The second kappa shape index (κ2) is 6.39.